The number of ether oxygens (including phenoxy) is 1. The Morgan fingerprint density at radius 3 is 2.87 bits per heavy atom. The Balaban J connectivity index is 1.43. The molecule has 3 aromatic rings. The zero-order chi connectivity index (χ0) is 21.3. The Kier molecular flexibility index (Phi) is 5.26. The number of aryl methyl sites for hydroxylation is 2. The number of amides is 3. The first-order chi connectivity index (χ1) is 14.5. The number of hydrogen-bond donors (Lipinski definition) is 1. The molecule has 1 fully saturated rings. The molecule has 0 atom stereocenters. The molecule has 0 unspecified atom stereocenters. The molecule has 0 saturated carbocycles. The monoisotopic (exact) mass is 410 g/mol. The van der Waals surface area contributed by atoms with Gasteiger partial charge in [-0.1, -0.05) is 17.3 Å². The molecule has 30 heavy (non-hydrogen) atoms. The molecule has 156 valence electrons. The molecule has 0 bridgehead atoms. The van der Waals surface area contributed by atoms with Crippen LogP contribution in [0.5, 0.6) is 5.75 Å². The topological polar surface area (TPSA) is 95.6 Å². The van der Waals surface area contributed by atoms with Gasteiger partial charge in [-0.15, -0.1) is 4.68 Å². The number of urea groups is 1. The van der Waals surface area contributed by atoms with Crippen molar-refractivity contribution >= 4 is 17.6 Å². The Morgan fingerprint density at radius 1 is 1.30 bits per heavy atom. The third kappa shape index (κ3) is 3.78. The molecule has 9 heteroatoms. The SMILES string of the molecule is COc1cccc(CCN2CC(=O)N(c3c[nH][n+](Cc4c(C)noc4C)c3)C2=O)c1. The minimum atomic E-state index is -0.314. The summed E-state index contributed by atoms with van der Waals surface area (Å²) in [7, 11) is 1.62. The number of benzene rings is 1. The van der Waals surface area contributed by atoms with Crippen molar-refractivity contribution in [3.63, 3.8) is 0 Å². The minimum absolute atomic E-state index is 0.0673. The van der Waals surface area contributed by atoms with Crippen LogP contribution >= 0.6 is 0 Å². The van der Waals surface area contributed by atoms with E-state index in [0.29, 0.717) is 25.2 Å². The predicted octanol–water partition coefficient (Wildman–Crippen LogP) is 1.98. The van der Waals surface area contributed by atoms with Gasteiger partial charge in [0.25, 0.3) is 5.91 Å². The van der Waals surface area contributed by atoms with Crippen LogP contribution in [-0.4, -0.2) is 47.3 Å². The van der Waals surface area contributed by atoms with Crippen LogP contribution in [0.25, 0.3) is 0 Å². The van der Waals surface area contributed by atoms with Crippen LogP contribution in [0.4, 0.5) is 10.5 Å². The number of rotatable bonds is 7. The van der Waals surface area contributed by atoms with Gasteiger partial charge in [-0.2, -0.15) is 5.10 Å². The summed E-state index contributed by atoms with van der Waals surface area (Å²) in [6.07, 6.45) is 4.04. The van der Waals surface area contributed by atoms with Crippen molar-refractivity contribution < 1.29 is 23.5 Å². The number of carbonyl (C=O) groups excluding carboxylic acids is 2. The van der Waals surface area contributed by atoms with E-state index < -0.39 is 0 Å². The Morgan fingerprint density at radius 2 is 2.13 bits per heavy atom. The van der Waals surface area contributed by atoms with E-state index in [1.165, 1.54) is 4.90 Å². The fourth-order valence-electron chi connectivity index (χ4n) is 3.57. The van der Waals surface area contributed by atoms with Gasteiger partial charge in [-0.05, 0) is 38.0 Å². The molecule has 9 nitrogen and oxygen atoms in total. The minimum Gasteiger partial charge on any atom is -0.497 e. The fourth-order valence-corrected chi connectivity index (χ4v) is 3.57. The van der Waals surface area contributed by atoms with E-state index in [2.05, 4.69) is 10.3 Å². The molecule has 1 saturated heterocycles. The van der Waals surface area contributed by atoms with Gasteiger partial charge >= 0.3 is 6.03 Å². The zero-order valence-electron chi connectivity index (χ0n) is 17.2. The lowest BCUT2D eigenvalue weighted by Gasteiger charge is -2.15. The lowest BCUT2D eigenvalue weighted by Crippen LogP contribution is -2.37. The van der Waals surface area contributed by atoms with Gasteiger partial charge in [0, 0.05) is 6.54 Å². The normalized spacial score (nSPS) is 14.1. The molecule has 0 spiro atoms. The number of methoxy groups -OCH3 is 1. The van der Waals surface area contributed by atoms with E-state index in [-0.39, 0.29) is 18.5 Å². The van der Waals surface area contributed by atoms with Crippen LogP contribution in [0, 0.1) is 13.8 Å². The average Bonchev–Trinajstić information content (AvgIpc) is 3.40. The Bertz CT molecular complexity index is 1070. The number of nitrogens with one attached hydrogen (secondary N) is 1. The lowest BCUT2D eigenvalue weighted by atomic mass is 10.1. The summed E-state index contributed by atoms with van der Waals surface area (Å²) in [5, 5.41) is 7.02. The molecule has 3 heterocycles. The maximum Gasteiger partial charge on any atom is 0.332 e. The second-order valence-electron chi connectivity index (χ2n) is 7.29. The molecule has 3 amide bonds. The van der Waals surface area contributed by atoms with E-state index >= 15 is 0 Å². The number of imide groups is 1. The number of carbonyl (C=O) groups is 2. The second kappa shape index (κ2) is 8.02. The number of aromatic nitrogens is 3. The highest BCUT2D eigenvalue weighted by Gasteiger charge is 2.38. The molecular weight excluding hydrogens is 386 g/mol. The summed E-state index contributed by atoms with van der Waals surface area (Å²) in [6.45, 7) is 4.77. The van der Waals surface area contributed by atoms with Crippen molar-refractivity contribution in [3.05, 3.63) is 59.2 Å². The van der Waals surface area contributed by atoms with Gasteiger partial charge in [0.15, 0.2) is 0 Å². The van der Waals surface area contributed by atoms with Crippen molar-refractivity contribution in [2.45, 2.75) is 26.8 Å². The quantitative estimate of drug-likeness (QED) is 0.475. The van der Waals surface area contributed by atoms with Crippen LogP contribution in [0.15, 0.2) is 41.2 Å². The molecule has 0 radical (unpaired) electrons. The Hall–Kier alpha value is -3.62. The van der Waals surface area contributed by atoms with Crippen LogP contribution in [-0.2, 0) is 17.8 Å². The van der Waals surface area contributed by atoms with E-state index in [4.69, 9.17) is 9.26 Å². The van der Waals surface area contributed by atoms with Crippen LogP contribution in [0.1, 0.15) is 22.6 Å². The van der Waals surface area contributed by atoms with Crippen LogP contribution in [0.2, 0.25) is 0 Å². The van der Waals surface area contributed by atoms with E-state index in [1.807, 2.05) is 38.1 Å². The molecular formula is C21H24N5O4+. The van der Waals surface area contributed by atoms with Gasteiger partial charge < -0.3 is 14.2 Å². The fraction of sp³-hybridized carbons (Fsp3) is 0.333. The average molecular weight is 410 g/mol. The maximum atomic E-state index is 12.9. The molecule has 0 aliphatic carbocycles. The van der Waals surface area contributed by atoms with Gasteiger partial charge in [0.1, 0.15) is 23.7 Å². The molecule has 1 aliphatic rings. The molecule has 1 aromatic carbocycles. The number of nitrogens with zero attached hydrogens (tertiary/aromatic N) is 4. The summed E-state index contributed by atoms with van der Waals surface area (Å²) in [4.78, 5) is 28.2. The smallest absolute Gasteiger partial charge is 0.332 e. The summed E-state index contributed by atoms with van der Waals surface area (Å²) in [5.74, 6) is 1.27. The lowest BCUT2D eigenvalue weighted by molar-refractivity contribution is -0.742. The largest absolute Gasteiger partial charge is 0.497 e. The van der Waals surface area contributed by atoms with Crippen molar-refractivity contribution in [1.29, 1.82) is 0 Å². The van der Waals surface area contributed by atoms with Crippen LogP contribution < -0.4 is 14.3 Å². The van der Waals surface area contributed by atoms with E-state index in [0.717, 1.165) is 28.3 Å². The first-order valence-corrected chi connectivity index (χ1v) is 9.70. The van der Waals surface area contributed by atoms with Crippen molar-refractivity contribution in [2.24, 2.45) is 0 Å². The van der Waals surface area contributed by atoms with Gasteiger partial charge in [0.2, 0.25) is 12.7 Å². The number of anilines is 1. The molecule has 1 N–H and O–H groups in total. The second-order valence-corrected chi connectivity index (χ2v) is 7.29. The summed E-state index contributed by atoms with van der Waals surface area (Å²) in [5.41, 5.74) is 3.34. The highest BCUT2D eigenvalue weighted by Crippen LogP contribution is 2.21. The third-order valence-electron chi connectivity index (χ3n) is 5.28. The maximum absolute atomic E-state index is 12.9. The third-order valence-corrected chi connectivity index (χ3v) is 5.28. The van der Waals surface area contributed by atoms with Gasteiger partial charge in [-0.3, -0.25) is 4.79 Å². The standard InChI is InChI=1S/C21H23N5O4/c1-14-19(15(2)30-23-14)12-25-11-17(10-22-25)26-20(27)13-24(21(26)28)8-7-16-5-4-6-18(9-16)29-3/h4-6,9-11H,7-8,12-13H2,1-3H3/p+1. The van der Waals surface area contributed by atoms with E-state index in [1.54, 1.807) is 29.1 Å². The highest BCUT2D eigenvalue weighted by molar-refractivity contribution is 6.19. The summed E-state index contributed by atoms with van der Waals surface area (Å²) in [6, 6.07) is 7.39. The van der Waals surface area contributed by atoms with Gasteiger partial charge in [-0.25, -0.2) is 9.69 Å². The number of hydrogen-bond acceptors (Lipinski definition) is 5. The first-order valence-electron chi connectivity index (χ1n) is 9.70. The summed E-state index contributed by atoms with van der Waals surface area (Å²) < 4.78 is 12.2. The first kappa shape index (κ1) is 19.7. The molecule has 4 rings (SSSR count). The van der Waals surface area contributed by atoms with Crippen molar-refractivity contribution in [3.8, 4) is 5.75 Å². The molecule has 1 aliphatic heterocycles. The zero-order valence-corrected chi connectivity index (χ0v) is 17.2. The predicted molar refractivity (Wildman–Crippen MR) is 107 cm³/mol. The van der Waals surface area contributed by atoms with E-state index in [9.17, 15) is 9.59 Å². The number of aromatic amines is 1. The van der Waals surface area contributed by atoms with Crippen molar-refractivity contribution in [2.75, 3.05) is 25.1 Å². The van der Waals surface area contributed by atoms with Gasteiger partial charge in [0.05, 0.1) is 24.6 Å². The number of H-pyrrole nitrogens is 1. The highest BCUT2D eigenvalue weighted by atomic mass is 16.5. The van der Waals surface area contributed by atoms with Crippen LogP contribution in [0.3, 0.4) is 0 Å². The Labute approximate surface area is 173 Å². The summed E-state index contributed by atoms with van der Waals surface area (Å²) >= 11 is 0. The molecule has 2 aromatic heterocycles. The van der Waals surface area contributed by atoms with Crippen molar-refractivity contribution in [1.82, 2.24) is 15.2 Å².